The highest BCUT2D eigenvalue weighted by molar-refractivity contribution is 5.83. The predicted octanol–water partition coefficient (Wildman–Crippen LogP) is 4.44. The van der Waals surface area contributed by atoms with Gasteiger partial charge in [0.1, 0.15) is 5.75 Å². The molecule has 2 aliphatic heterocycles. The number of nitrogens with zero attached hydrogens (tertiary/aromatic N) is 2. The van der Waals surface area contributed by atoms with Crippen molar-refractivity contribution < 1.29 is 9.53 Å². The fourth-order valence-corrected chi connectivity index (χ4v) is 5.31. The van der Waals surface area contributed by atoms with Gasteiger partial charge in [-0.3, -0.25) is 4.79 Å². The standard InChI is InChI=1S/C28H31N3O2/c1-20(21-10-4-3-5-11-21)29-28(32)23-18-22-12-6-7-13-24(22)31-17-16-30(19-26(23)31)25-14-8-9-15-27(25)33-2/h3-15,20,23,26H,16-19H2,1-2H3,(H,29,32). The molecular formula is C28H31N3O2. The molecule has 0 radical (unpaired) electrons. The van der Waals surface area contributed by atoms with E-state index >= 15 is 0 Å². The summed E-state index contributed by atoms with van der Waals surface area (Å²) in [5.74, 6) is 0.877. The fourth-order valence-electron chi connectivity index (χ4n) is 5.31. The van der Waals surface area contributed by atoms with Gasteiger partial charge in [0.25, 0.3) is 0 Å². The molecule has 0 aliphatic carbocycles. The summed E-state index contributed by atoms with van der Waals surface area (Å²) >= 11 is 0. The summed E-state index contributed by atoms with van der Waals surface area (Å²) in [6, 6.07) is 26.9. The molecule has 1 N–H and O–H groups in total. The Morgan fingerprint density at radius 1 is 0.939 bits per heavy atom. The molecule has 5 nitrogen and oxygen atoms in total. The number of piperazine rings is 1. The van der Waals surface area contributed by atoms with Crippen molar-refractivity contribution in [1.29, 1.82) is 0 Å². The van der Waals surface area contributed by atoms with Crippen LogP contribution in [-0.2, 0) is 11.2 Å². The third-order valence-corrected chi connectivity index (χ3v) is 7.04. The first kappa shape index (κ1) is 21.4. The van der Waals surface area contributed by atoms with E-state index in [1.807, 2.05) is 36.4 Å². The molecule has 0 saturated carbocycles. The Morgan fingerprint density at radius 2 is 1.64 bits per heavy atom. The molecule has 3 atom stereocenters. The molecule has 5 heteroatoms. The third-order valence-electron chi connectivity index (χ3n) is 7.04. The van der Waals surface area contributed by atoms with Gasteiger partial charge in [0.05, 0.1) is 30.8 Å². The predicted molar refractivity (Wildman–Crippen MR) is 133 cm³/mol. The number of anilines is 2. The zero-order chi connectivity index (χ0) is 22.8. The Morgan fingerprint density at radius 3 is 2.42 bits per heavy atom. The molecule has 170 valence electrons. The van der Waals surface area contributed by atoms with Gasteiger partial charge in [-0.25, -0.2) is 0 Å². The number of hydrogen-bond acceptors (Lipinski definition) is 4. The number of carbonyl (C=O) groups is 1. The van der Waals surface area contributed by atoms with Gasteiger partial charge in [-0.1, -0.05) is 60.7 Å². The first-order valence-corrected chi connectivity index (χ1v) is 11.7. The van der Waals surface area contributed by atoms with Crippen molar-refractivity contribution in [2.75, 3.05) is 36.5 Å². The lowest BCUT2D eigenvalue weighted by atomic mass is 9.83. The minimum absolute atomic E-state index is 0.0294. The van der Waals surface area contributed by atoms with Gasteiger partial charge >= 0.3 is 0 Å². The number of para-hydroxylation sites is 3. The Hall–Kier alpha value is -3.47. The molecule has 0 aromatic heterocycles. The van der Waals surface area contributed by atoms with E-state index < -0.39 is 0 Å². The van der Waals surface area contributed by atoms with Crippen LogP contribution in [-0.4, -0.2) is 38.7 Å². The highest BCUT2D eigenvalue weighted by atomic mass is 16.5. The Bertz CT molecular complexity index is 1120. The molecule has 0 bridgehead atoms. The number of nitrogens with one attached hydrogen (secondary N) is 1. The normalized spacial score (nSPS) is 20.4. The van der Waals surface area contributed by atoms with E-state index in [2.05, 4.69) is 64.5 Å². The van der Waals surface area contributed by atoms with Gasteiger partial charge in [0, 0.05) is 25.3 Å². The fraction of sp³-hybridized carbons (Fsp3) is 0.321. The Labute approximate surface area is 196 Å². The maximum atomic E-state index is 13.6. The van der Waals surface area contributed by atoms with E-state index in [-0.39, 0.29) is 23.9 Å². The van der Waals surface area contributed by atoms with Crippen LogP contribution in [0.15, 0.2) is 78.9 Å². The number of amides is 1. The largest absolute Gasteiger partial charge is 0.495 e. The van der Waals surface area contributed by atoms with Crippen molar-refractivity contribution in [2.24, 2.45) is 5.92 Å². The number of rotatable bonds is 5. The van der Waals surface area contributed by atoms with E-state index in [4.69, 9.17) is 4.74 Å². The molecule has 3 aromatic rings. The van der Waals surface area contributed by atoms with E-state index in [1.54, 1.807) is 7.11 Å². The van der Waals surface area contributed by atoms with Crippen molar-refractivity contribution in [3.63, 3.8) is 0 Å². The Kier molecular flexibility index (Phi) is 5.95. The summed E-state index contributed by atoms with van der Waals surface area (Å²) in [6.07, 6.45) is 0.754. The summed E-state index contributed by atoms with van der Waals surface area (Å²) in [5.41, 5.74) is 4.74. The average Bonchev–Trinajstić information content (AvgIpc) is 2.88. The van der Waals surface area contributed by atoms with Gasteiger partial charge < -0.3 is 19.9 Å². The molecule has 1 fully saturated rings. The molecule has 1 amide bonds. The maximum absolute atomic E-state index is 13.6. The number of benzene rings is 3. The Balaban J connectivity index is 1.43. The van der Waals surface area contributed by atoms with E-state index in [0.29, 0.717) is 0 Å². The molecular weight excluding hydrogens is 410 g/mol. The number of methoxy groups -OCH3 is 1. The third kappa shape index (κ3) is 4.15. The summed E-state index contributed by atoms with van der Waals surface area (Å²) in [4.78, 5) is 18.4. The molecule has 33 heavy (non-hydrogen) atoms. The molecule has 3 unspecified atom stereocenters. The van der Waals surface area contributed by atoms with Crippen molar-refractivity contribution in [1.82, 2.24) is 5.32 Å². The number of fused-ring (bicyclic) bond motifs is 3. The maximum Gasteiger partial charge on any atom is 0.226 e. The lowest BCUT2D eigenvalue weighted by Crippen LogP contribution is -2.61. The minimum atomic E-state index is -0.122. The summed E-state index contributed by atoms with van der Waals surface area (Å²) in [6.45, 7) is 4.61. The van der Waals surface area contributed by atoms with Crippen LogP contribution in [0.2, 0.25) is 0 Å². The second kappa shape index (κ2) is 9.18. The number of ether oxygens (including phenoxy) is 1. The molecule has 2 aliphatic rings. The number of hydrogen-bond donors (Lipinski definition) is 1. The van der Waals surface area contributed by atoms with Crippen LogP contribution in [0.1, 0.15) is 24.1 Å². The van der Waals surface area contributed by atoms with Crippen molar-refractivity contribution in [3.8, 4) is 5.75 Å². The van der Waals surface area contributed by atoms with Gasteiger partial charge in [-0.15, -0.1) is 0 Å². The second-order valence-electron chi connectivity index (χ2n) is 8.96. The van der Waals surface area contributed by atoms with Crippen molar-refractivity contribution in [3.05, 3.63) is 90.0 Å². The second-order valence-corrected chi connectivity index (χ2v) is 8.96. The van der Waals surface area contributed by atoms with E-state index in [1.165, 1.54) is 11.3 Å². The highest BCUT2D eigenvalue weighted by Gasteiger charge is 2.42. The number of carbonyl (C=O) groups excluding carboxylic acids is 1. The summed E-state index contributed by atoms with van der Waals surface area (Å²) in [7, 11) is 1.72. The van der Waals surface area contributed by atoms with Crippen LogP contribution in [0, 0.1) is 5.92 Å². The first-order valence-electron chi connectivity index (χ1n) is 11.7. The molecule has 1 saturated heterocycles. The van der Waals surface area contributed by atoms with Crippen LogP contribution < -0.4 is 19.9 Å². The average molecular weight is 442 g/mol. The molecule has 3 aromatic carbocycles. The topological polar surface area (TPSA) is 44.8 Å². The van der Waals surface area contributed by atoms with Crippen LogP contribution in [0.4, 0.5) is 11.4 Å². The monoisotopic (exact) mass is 441 g/mol. The molecule has 2 heterocycles. The van der Waals surface area contributed by atoms with E-state index in [0.717, 1.165) is 43.1 Å². The lowest BCUT2D eigenvalue weighted by molar-refractivity contribution is -0.126. The van der Waals surface area contributed by atoms with Crippen LogP contribution in [0.3, 0.4) is 0 Å². The zero-order valence-electron chi connectivity index (χ0n) is 19.3. The smallest absolute Gasteiger partial charge is 0.226 e. The lowest BCUT2D eigenvalue weighted by Gasteiger charge is -2.49. The molecule has 5 rings (SSSR count). The highest BCUT2D eigenvalue weighted by Crippen LogP contribution is 2.38. The van der Waals surface area contributed by atoms with Gasteiger partial charge in [-0.05, 0) is 42.7 Å². The van der Waals surface area contributed by atoms with Crippen molar-refractivity contribution in [2.45, 2.75) is 25.4 Å². The quantitative estimate of drug-likeness (QED) is 0.636. The van der Waals surface area contributed by atoms with Crippen LogP contribution in [0.5, 0.6) is 5.75 Å². The summed E-state index contributed by atoms with van der Waals surface area (Å²) in [5, 5.41) is 3.30. The van der Waals surface area contributed by atoms with Gasteiger partial charge in [0.15, 0.2) is 0 Å². The summed E-state index contributed by atoms with van der Waals surface area (Å²) < 4.78 is 5.63. The SMILES string of the molecule is COc1ccccc1N1CCN2c3ccccc3CC(C(=O)NC(C)c3ccccc3)C2C1. The van der Waals surface area contributed by atoms with Gasteiger partial charge in [-0.2, -0.15) is 0 Å². The minimum Gasteiger partial charge on any atom is -0.495 e. The van der Waals surface area contributed by atoms with Gasteiger partial charge in [0.2, 0.25) is 5.91 Å². The van der Waals surface area contributed by atoms with Crippen LogP contribution in [0.25, 0.3) is 0 Å². The van der Waals surface area contributed by atoms with E-state index in [9.17, 15) is 4.79 Å². The first-order chi connectivity index (χ1) is 16.2. The van der Waals surface area contributed by atoms with Crippen molar-refractivity contribution >= 4 is 17.3 Å². The van der Waals surface area contributed by atoms with Crippen LogP contribution >= 0.6 is 0 Å². The molecule has 0 spiro atoms. The zero-order valence-corrected chi connectivity index (χ0v) is 19.3.